The lowest BCUT2D eigenvalue weighted by atomic mass is 10.2. The maximum Gasteiger partial charge on any atom is 0.129 e. The SMILES string of the molecule is O=CCSCCc1ccncc1. The van der Waals surface area contributed by atoms with Gasteiger partial charge < -0.3 is 4.79 Å². The van der Waals surface area contributed by atoms with Gasteiger partial charge in [-0.3, -0.25) is 4.98 Å². The molecule has 0 atom stereocenters. The molecule has 0 unspecified atom stereocenters. The summed E-state index contributed by atoms with van der Waals surface area (Å²) >= 11 is 1.66. The Balaban J connectivity index is 2.20. The maximum atomic E-state index is 9.99. The van der Waals surface area contributed by atoms with E-state index in [9.17, 15) is 4.79 Å². The van der Waals surface area contributed by atoms with Gasteiger partial charge in [-0.1, -0.05) is 0 Å². The molecule has 0 aromatic carbocycles. The van der Waals surface area contributed by atoms with E-state index >= 15 is 0 Å². The van der Waals surface area contributed by atoms with E-state index in [0.717, 1.165) is 18.5 Å². The van der Waals surface area contributed by atoms with Crippen molar-refractivity contribution < 1.29 is 4.79 Å². The quantitative estimate of drug-likeness (QED) is 0.510. The van der Waals surface area contributed by atoms with Crippen molar-refractivity contribution in [2.75, 3.05) is 11.5 Å². The van der Waals surface area contributed by atoms with Gasteiger partial charge in [0, 0.05) is 18.1 Å². The minimum Gasteiger partial charge on any atom is -0.302 e. The summed E-state index contributed by atoms with van der Waals surface area (Å²) in [5.41, 5.74) is 1.28. The molecule has 2 nitrogen and oxygen atoms in total. The average molecular weight is 181 g/mol. The van der Waals surface area contributed by atoms with Crippen molar-refractivity contribution in [2.45, 2.75) is 6.42 Å². The molecule has 1 rings (SSSR count). The van der Waals surface area contributed by atoms with Crippen LogP contribution in [0.3, 0.4) is 0 Å². The first-order valence-corrected chi connectivity index (χ1v) is 4.99. The number of hydrogen-bond donors (Lipinski definition) is 0. The van der Waals surface area contributed by atoms with Gasteiger partial charge in [0.15, 0.2) is 0 Å². The smallest absolute Gasteiger partial charge is 0.129 e. The fourth-order valence-electron chi connectivity index (χ4n) is 0.871. The third-order valence-corrected chi connectivity index (χ3v) is 2.33. The van der Waals surface area contributed by atoms with E-state index in [4.69, 9.17) is 0 Å². The van der Waals surface area contributed by atoms with Crippen LogP contribution in [0.15, 0.2) is 24.5 Å². The van der Waals surface area contributed by atoms with Crippen molar-refractivity contribution in [1.29, 1.82) is 0 Å². The summed E-state index contributed by atoms with van der Waals surface area (Å²) in [5, 5.41) is 0. The highest BCUT2D eigenvalue weighted by molar-refractivity contribution is 7.99. The van der Waals surface area contributed by atoms with Gasteiger partial charge in [0.05, 0.1) is 0 Å². The largest absolute Gasteiger partial charge is 0.302 e. The molecular formula is C9H11NOS. The fraction of sp³-hybridized carbons (Fsp3) is 0.333. The highest BCUT2D eigenvalue weighted by Crippen LogP contribution is 2.04. The average Bonchev–Trinajstić information content (AvgIpc) is 2.14. The van der Waals surface area contributed by atoms with Crippen LogP contribution in [-0.2, 0) is 11.2 Å². The molecule has 0 aliphatic carbocycles. The number of nitrogens with zero attached hydrogens (tertiary/aromatic N) is 1. The fourth-order valence-corrected chi connectivity index (χ4v) is 1.51. The Hall–Kier alpha value is -0.830. The van der Waals surface area contributed by atoms with E-state index in [1.54, 1.807) is 24.2 Å². The van der Waals surface area contributed by atoms with Crippen LogP contribution in [-0.4, -0.2) is 22.8 Å². The summed E-state index contributed by atoms with van der Waals surface area (Å²) in [6, 6.07) is 4.00. The Bertz CT molecular complexity index is 225. The molecule has 3 heteroatoms. The summed E-state index contributed by atoms with van der Waals surface area (Å²) in [4.78, 5) is 13.9. The van der Waals surface area contributed by atoms with E-state index in [-0.39, 0.29) is 0 Å². The Morgan fingerprint density at radius 2 is 2.17 bits per heavy atom. The Morgan fingerprint density at radius 3 is 2.83 bits per heavy atom. The van der Waals surface area contributed by atoms with E-state index in [1.807, 2.05) is 12.1 Å². The molecule has 0 amide bonds. The predicted octanol–water partition coefficient (Wildman–Crippen LogP) is 1.56. The molecule has 0 aliphatic heterocycles. The first kappa shape index (κ1) is 9.26. The zero-order valence-electron chi connectivity index (χ0n) is 6.77. The van der Waals surface area contributed by atoms with Gasteiger partial charge in [-0.25, -0.2) is 0 Å². The molecular weight excluding hydrogens is 170 g/mol. The van der Waals surface area contributed by atoms with Gasteiger partial charge >= 0.3 is 0 Å². The molecule has 0 aliphatic rings. The molecule has 1 aromatic rings. The highest BCUT2D eigenvalue weighted by Gasteiger charge is 1.91. The van der Waals surface area contributed by atoms with Crippen molar-refractivity contribution in [3.63, 3.8) is 0 Å². The molecule has 1 heterocycles. The van der Waals surface area contributed by atoms with Crippen molar-refractivity contribution in [3.8, 4) is 0 Å². The predicted molar refractivity (Wildman–Crippen MR) is 51.3 cm³/mol. The van der Waals surface area contributed by atoms with Crippen LogP contribution in [0, 0.1) is 0 Å². The van der Waals surface area contributed by atoms with Crippen molar-refractivity contribution in [1.82, 2.24) is 4.98 Å². The number of hydrogen-bond acceptors (Lipinski definition) is 3. The maximum absolute atomic E-state index is 9.99. The Kier molecular flexibility index (Phi) is 4.46. The molecule has 64 valence electrons. The van der Waals surface area contributed by atoms with Crippen molar-refractivity contribution in [3.05, 3.63) is 30.1 Å². The number of carbonyl (C=O) groups excluding carboxylic acids is 1. The van der Waals surface area contributed by atoms with Crippen LogP contribution in [0.2, 0.25) is 0 Å². The van der Waals surface area contributed by atoms with E-state index in [0.29, 0.717) is 5.75 Å². The van der Waals surface area contributed by atoms with Gasteiger partial charge in [-0.15, -0.1) is 0 Å². The lowest BCUT2D eigenvalue weighted by molar-refractivity contribution is -0.105. The summed E-state index contributed by atoms with van der Waals surface area (Å²) in [7, 11) is 0. The minimum absolute atomic E-state index is 0.602. The second kappa shape index (κ2) is 5.77. The van der Waals surface area contributed by atoms with E-state index in [1.165, 1.54) is 5.56 Å². The minimum atomic E-state index is 0.602. The van der Waals surface area contributed by atoms with E-state index in [2.05, 4.69) is 4.98 Å². The number of aldehydes is 1. The van der Waals surface area contributed by atoms with E-state index < -0.39 is 0 Å². The Labute approximate surface area is 76.4 Å². The van der Waals surface area contributed by atoms with Crippen LogP contribution in [0.1, 0.15) is 5.56 Å². The second-order valence-corrected chi connectivity index (χ2v) is 3.50. The van der Waals surface area contributed by atoms with Crippen LogP contribution in [0.4, 0.5) is 0 Å². The normalized spacial score (nSPS) is 9.67. The van der Waals surface area contributed by atoms with Crippen LogP contribution < -0.4 is 0 Å². The highest BCUT2D eigenvalue weighted by atomic mass is 32.2. The molecule has 0 fully saturated rings. The number of carbonyl (C=O) groups is 1. The van der Waals surface area contributed by atoms with Gasteiger partial charge in [-0.05, 0) is 29.9 Å². The standard InChI is InChI=1S/C9H11NOS/c11-6-8-12-7-3-9-1-4-10-5-2-9/h1-2,4-6H,3,7-8H2. The zero-order chi connectivity index (χ0) is 8.65. The topological polar surface area (TPSA) is 30.0 Å². The van der Waals surface area contributed by atoms with Crippen LogP contribution in [0.5, 0.6) is 0 Å². The van der Waals surface area contributed by atoms with Crippen molar-refractivity contribution in [2.24, 2.45) is 0 Å². The molecule has 0 saturated heterocycles. The second-order valence-electron chi connectivity index (χ2n) is 2.35. The molecule has 0 N–H and O–H groups in total. The van der Waals surface area contributed by atoms with Gasteiger partial charge in [0.2, 0.25) is 0 Å². The zero-order valence-corrected chi connectivity index (χ0v) is 7.59. The molecule has 0 saturated carbocycles. The monoisotopic (exact) mass is 181 g/mol. The summed E-state index contributed by atoms with van der Waals surface area (Å²) in [6.07, 6.45) is 5.54. The number of pyridine rings is 1. The lowest BCUT2D eigenvalue weighted by Crippen LogP contribution is -1.90. The first-order valence-electron chi connectivity index (χ1n) is 3.84. The van der Waals surface area contributed by atoms with Crippen LogP contribution >= 0.6 is 11.8 Å². The summed E-state index contributed by atoms with van der Waals surface area (Å²) in [5.74, 6) is 1.60. The van der Waals surface area contributed by atoms with Gasteiger partial charge in [-0.2, -0.15) is 11.8 Å². The first-order chi connectivity index (χ1) is 5.93. The van der Waals surface area contributed by atoms with Gasteiger partial charge in [0.1, 0.15) is 6.29 Å². The third-order valence-electron chi connectivity index (χ3n) is 1.47. The Morgan fingerprint density at radius 1 is 1.42 bits per heavy atom. The third kappa shape index (κ3) is 3.53. The molecule has 0 spiro atoms. The van der Waals surface area contributed by atoms with Gasteiger partial charge in [0.25, 0.3) is 0 Å². The molecule has 0 bridgehead atoms. The number of rotatable bonds is 5. The molecule has 12 heavy (non-hydrogen) atoms. The number of aromatic nitrogens is 1. The van der Waals surface area contributed by atoms with Crippen LogP contribution in [0.25, 0.3) is 0 Å². The summed E-state index contributed by atoms with van der Waals surface area (Å²) < 4.78 is 0. The molecule has 0 radical (unpaired) electrons. The number of thioether (sulfide) groups is 1. The number of aryl methyl sites for hydroxylation is 1. The summed E-state index contributed by atoms with van der Waals surface area (Å²) in [6.45, 7) is 0. The lowest BCUT2D eigenvalue weighted by Gasteiger charge is -1.97. The van der Waals surface area contributed by atoms with Crippen molar-refractivity contribution >= 4 is 18.0 Å². The molecule has 1 aromatic heterocycles.